The van der Waals surface area contributed by atoms with Gasteiger partial charge in [0.25, 0.3) is 0 Å². The third-order valence-electron chi connectivity index (χ3n) is 5.44. The lowest BCUT2D eigenvalue weighted by atomic mass is 9.98. The van der Waals surface area contributed by atoms with Gasteiger partial charge in [-0.2, -0.15) is 0 Å². The number of carbonyl (C=O) groups is 2. The van der Waals surface area contributed by atoms with Gasteiger partial charge in [0.1, 0.15) is 11.7 Å². The molecule has 0 aromatic carbocycles. The van der Waals surface area contributed by atoms with Crippen LogP contribution in [0.5, 0.6) is 0 Å². The van der Waals surface area contributed by atoms with Crippen LogP contribution in [0, 0.1) is 0 Å². The van der Waals surface area contributed by atoms with E-state index in [-0.39, 0.29) is 23.5 Å². The number of carbonyl (C=O) groups excluding carboxylic acids is 2. The largest absolute Gasteiger partial charge is 0.460 e. The number of ether oxygens (including phenoxy) is 2. The molecule has 1 amide bonds. The minimum absolute atomic E-state index is 0.137. The first-order valence-electron chi connectivity index (χ1n) is 10.4. The standard InChI is InChI=1S/C20H35NO6S/c1-15(17-11-7-8-13-21(17)19(23)27-20(2,3)4)26-18(22)12-14-28(24,25)16-9-5-6-10-16/h15-17H,5-14H2,1-4H3/t15-,17-/m0/s1. The fourth-order valence-corrected chi connectivity index (χ4v) is 5.81. The molecule has 1 saturated carbocycles. The number of sulfone groups is 1. The molecular formula is C20H35NO6S. The second kappa shape index (κ2) is 9.46. The summed E-state index contributed by atoms with van der Waals surface area (Å²) in [5.41, 5.74) is -0.590. The van der Waals surface area contributed by atoms with Gasteiger partial charge in [-0.1, -0.05) is 12.8 Å². The highest BCUT2D eigenvalue weighted by molar-refractivity contribution is 7.92. The van der Waals surface area contributed by atoms with Crippen molar-refractivity contribution in [3.8, 4) is 0 Å². The molecule has 0 radical (unpaired) electrons. The maximum Gasteiger partial charge on any atom is 0.410 e. The van der Waals surface area contributed by atoms with Crippen molar-refractivity contribution in [2.75, 3.05) is 12.3 Å². The summed E-state index contributed by atoms with van der Waals surface area (Å²) in [5.74, 6) is -0.687. The van der Waals surface area contributed by atoms with Gasteiger partial charge in [-0.25, -0.2) is 13.2 Å². The molecule has 7 nitrogen and oxygen atoms in total. The van der Waals surface area contributed by atoms with Crippen LogP contribution in [0.3, 0.4) is 0 Å². The zero-order valence-electron chi connectivity index (χ0n) is 17.6. The number of esters is 1. The Labute approximate surface area is 169 Å². The molecular weight excluding hydrogens is 382 g/mol. The van der Waals surface area contributed by atoms with Crippen molar-refractivity contribution in [3.05, 3.63) is 0 Å². The Morgan fingerprint density at radius 2 is 1.68 bits per heavy atom. The van der Waals surface area contributed by atoms with Gasteiger partial charge >= 0.3 is 12.1 Å². The molecule has 0 aromatic heterocycles. The van der Waals surface area contributed by atoms with Gasteiger partial charge < -0.3 is 14.4 Å². The molecule has 1 aliphatic heterocycles. The number of hydrogen-bond donors (Lipinski definition) is 0. The maximum atomic E-state index is 12.5. The second-order valence-corrected chi connectivity index (χ2v) is 11.4. The maximum absolute atomic E-state index is 12.5. The van der Waals surface area contributed by atoms with Crippen LogP contribution in [0.25, 0.3) is 0 Å². The Hall–Kier alpha value is -1.31. The molecule has 1 aliphatic carbocycles. The molecule has 1 heterocycles. The van der Waals surface area contributed by atoms with Crippen LogP contribution in [-0.2, 0) is 24.1 Å². The van der Waals surface area contributed by atoms with E-state index < -0.39 is 33.6 Å². The summed E-state index contributed by atoms with van der Waals surface area (Å²) < 4.78 is 35.6. The van der Waals surface area contributed by atoms with Crippen molar-refractivity contribution in [1.29, 1.82) is 0 Å². The van der Waals surface area contributed by atoms with Gasteiger partial charge in [0, 0.05) is 6.54 Å². The molecule has 0 N–H and O–H groups in total. The van der Waals surface area contributed by atoms with E-state index in [9.17, 15) is 18.0 Å². The van der Waals surface area contributed by atoms with Crippen molar-refractivity contribution >= 4 is 21.9 Å². The molecule has 28 heavy (non-hydrogen) atoms. The van der Waals surface area contributed by atoms with Crippen molar-refractivity contribution < 1.29 is 27.5 Å². The Balaban J connectivity index is 1.89. The Morgan fingerprint density at radius 3 is 2.29 bits per heavy atom. The monoisotopic (exact) mass is 417 g/mol. The molecule has 2 rings (SSSR count). The highest BCUT2D eigenvalue weighted by Gasteiger charge is 2.35. The molecule has 2 fully saturated rings. The van der Waals surface area contributed by atoms with Crippen LogP contribution in [0.15, 0.2) is 0 Å². The highest BCUT2D eigenvalue weighted by atomic mass is 32.2. The average molecular weight is 418 g/mol. The molecule has 0 unspecified atom stereocenters. The van der Waals surface area contributed by atoms with Gasteiger partial charge in [-0.15, -0.1) is 0 Å². The quantitative estimate of drug-likeness (QED) is 0.615. The first-order chi connectivity index (χ1) is 13.0. The highest BCUT2D eigenvalue weighted by Crippen LogP contribution is 2.26. The Morgan fingerprint density at radius 1 is 1.07 bits per heavy atom. The molecule has 1 saturated heterocycles. The van der Waals surface area contributed by atoms with E-state index in [4.69, 9.17) is 9.47 Å². The van der Waals surface area contributed by atoms with Crippen molar-refractivity contribution in [2.45, 2.75) is 102 Å². The van der Waals surface area contributed by atoms with Crippen LogP contribution in [0.4, 0.5) is 4.79 Å². The number of rotatable bonds is 6. The molecule has 0 aromatic rings. The van der Waals surface area contributed by atoms with Gasteiger partial charge in [-0.3, -0.25) is 4.79 Å². The minimum atomic E-state index is -3.25. The number of hydrogen-bond acceptors (Lipinski definition) is 6. The van der Waals surface area contributed by atoms with Crippen LogP contribution in [0.2, 0.25) is 0 Å². The van der Waals surface area contributed by atoms with Crippen LogP contribution < -0.4 is 0 Å². The topological polar surface area (TPSA) is 90.0 Å². The summed E-state index contributed by atoms with van der Waals surface area (Å²) in [4.78, 5) is 26.4. The van der Waals surface area contributed by atoms with E-state index in [1.807, 2.05) is 20.8 Å². The lowest BCUT2D eigenvalue weighted by Crippen LogP contribution is -2.51. The zero-order valence-corrected chi connectivity index (χ0v) is 18.4. The molecule has 162 valence electrons. The Bertz CT molecular complexity index is 648. The fourth-order valence-electron chi connectivity index (χ4n) is 3.98. The summed E-state index contributed by atoms with van der Waals surface area (Å²) in [7, 11) is -3.25. The molecule has 8 heteroatoms. The normalized spacial score (nSPS) is 22.7. The number of amides is 1. The van der Waals surface area contributed by atoms with Crippen LogP contribution in [0.1, 0.15) is 79.1 Å². The predicted octanol–water partition coefficient (Wildman–Crippen LogP) is 3.46. The minimum Gasteiger partial charge on any atom is -0.460 e. The van der Waals surface area contributed by atoms with E-state index in [1.165, 1.54) is 0 Å². The predicted molar refractivity (Wildman–Crippen MR) is 107 cm³/mol. The third kappa shape index (κ3) is 6.64. The van der Waals surface area contributed by atoms with Gasteiger partial charge in [0.15, 0.2) is 9.84 Å². The third-order valence-corrected chi connectivity index (χ3v) is 7.70. The van der Waals surface area contributed by atoms with Gasteiger partial charge in [-0.05, 0) is 59.8 Å². The molecule has 0 bridgehead atoms. The van der Waals surface area contributed by atoms with Crippen molar-refractivity contribution in [3.63, 3.8) is 0 Å². The van der Waals surface area contributed by atoms with E-state index in [0.29, 0.717) is 19.4 Å². The molecule has 2 atom stereocenters. The SMILES string of the molecule is C[C@H](OC(=O)CCS(=O)(=O)C1CCCC1)[C@@H]1CCCCN1C(=O)OC(C)(C)C. The number of nitrogens with zero attached hydrogens (tertiary/aromatic N) is 1. The average Bonchev–Trinajstić information content (AvgIpc) is 3.14. The number of piperidine rings is 1. The fraction of sp³-hybridized carbons (Fsp3) is 0.900. The van der Waals surface area contributed by atoms with E-state index in [0.717, 1.165) is 32.1 Å². The second-order valence-electron chi connectivity index (χ2n) is 8.96. The van der Waals surface area contributed by atoms with E-state index in [1.54, 1.807) is 11.8 Å². The van der Waals surface area contributed by atoms with Gasteiger partial charge in [0.2, 0.25) is 0 Å². The van der Waals surface area contributed by atoms with E-state index >= 15 is 0 Å². The molecule has 2 aliphatic rings. The molecule has 0 spiro atoms. The summed E-state index contributed by atoms with van der Waals surface area (Å²) in [6.07, 6.45) is 4.79. The van der Waals surface area contributed by atoms with Gasteiger partial charge in [0.05, 0.1) is 23.5 Å². The van der Waals surface area contributed by atoms with Crippen molar-refractivity contribution in [1.82, 2.24) is 4.90 Å². The summed E-state index contributed by atoms with van der Waals surface area (Å²) in [5, 5.41) is -0.307. The summed E-state index contributed by atoms with van der Waals surface area (Å²) >= 11 is 0. The summed E-state index contributed by atoms with van der Waals surface area (Å²) in [6.45, 7) is 7.78. The lowest BCUT2D eigenvalue weighted by molar-refractivity contribution is -0.151. The first-order valence-corrected chi connectivity index (χ1v) is 12.1. The van der Waals surface area contributed by atoms with Crippen LogP contribution >= 0.6 is 0 Å². The lowest BCUT2D eigenvalue weighted by Gasteiger charge is -2.39. The first kappa shape index (κ1) is 23.0. The van der Waals surface area contributed by atoms with Crippen LogP contribution in [-0.4, -0.2) is 60.7 Å². The number of likely N-dealkylation sites (tertiary alicyclic amines) is 1. The summed E-state index contributed by atoms with van der Waals surface area (Å²) in [6, 6.07) is -0.251. The van der Waals surface area contributed by atoms with E-state index in [2.05, 4.69) is 0 Å². The Kier molecular flexibility index (Phi) is 7.76. The zero-order chi connectivity index (χ0) is 20.9. The van der Waals surface area contributed by atoms with Crippen molar-refractivity contribution in [2.24, 2.45) is 0 Å². The smallest absolute Gasteiger partial charge is 0.410 e.